The highest BCUT2D eigenvalue weighted by molar-refractivity contribution is 7.93. The summed E-state index contributed by atoms with van der Waals surface area (Å²) in [5, 5.41) is 2.87. The van der Waals surface area contributed by atoms with Gasteiger partial charge in [0.15, 0.2) is 0 Å². The molecule has 5 rings (SSSR count). The quantitative estimate of drug-likeness (QED) is 0.314. The van der Waals surface area contributed by atoms with Gasteiger partial charge in [-0.1, -0.05) is 72.8 Å². The third-order valence-electron chi connectivity index (χ3n) is 6.72. The Morgan fingerprint density at radius 3 is 2.26 bits per heavy atom. The lowest BCUT2D eigenvalue weighted by Crippen LogP contribution is -2.48. The summed E-state index contributed by atoms with van der Waals surface area (Å²) in [6, 6.07) is 26.2. The van der Waals surface area contributed by atoms with Crippen LogP contribution in [0.3, 0.4) is 0 Å². The summed E-state index contributed by atoms with van der Waals surface area (Å²) >= 11 is 0. The minimum absolute atomic E-state index is 0.0583. The molecule has 0 saturated heterocycles. The van der Waals surface area contributed by atoms with Crippen LogP contribution in [0.15, 0.2) is 108 Å². The SMILES string of the molecule is O=C(NCCc1ccccc1)[C@@H]1Cc2ccccc2N1S(=O)(=O)c1ccc(-c2cccc(C(F)(F)F)c2)cc1. The first-order chi connectivity index (χ1) is 18.6. The lowest BCUT2D eigenvalue weighted by Gasteiger charge is -2.26. The van der Waals surface area contributed by atoms with Crippen molar-refractivity contribution < 1.29 is 26.4 Å². The molecule has 1 atom stereocenters. The van der Waals surface area contributed by atoms with Gasteiger partial charge in [-0.25, -0.2) is 8.42 Å². The van der Waals surface area contributed by atoms with Gasteiger partial charge in [0.05, 0.1) is 16.1 Å². The Morgan fingerprint density at radius 2 is 1.54 bits per heavy atom. The molecule has 4 aromatic rings. The normalized spacial score (nSPS) is 15.2. The van der Waals surface area contributed by atoms with Crippen LogP contribution in [0.2, 0.25) is 0 Å². The molecular formula is C30H25F3N2O3S. The van der Waals surface area contributed by atoms with Gasteiger partial charge < -0.3 is 5.32 Å². The topological polar surface area (TPSA) is 66.5 Å². The lowest BCUT2D eigenvalue weighted by atomic mass is 10.0. The first-order valence-electron chi connectivity index (χ1n) is 12.4. The van der Waals surface area contributed by atoms with Crippen LogP contribution in [0.4, 0.5) is 18.9 Å². The number of halogens is 3. The van der Waals surface area contributed by atoms with Gasteiger partial charge in [0.2, 0.25) is 5.91 Å². The van der Waals surface area contributed by atoms with Crippen molar-refractivity contribution >= 4 is 21.6 Å². The Bertz CT molecular complexity index is 1590. The van der Waals surface area contributed by atoms with Crippen LogP contribution < -0.4 is 9.62 Å². The second kappa shape index (κ2) is 10.6. The van der Waals surface area contributed by atoms with Crippen LogP contribution in [0.1, 0.15) is 16.7 Å². The zero-order valence-corrected chi connectivity index (χ0v) is 21.5. The van der Waals surface area contributed by atoms with Crippen molar-refractivity contribution in [3.8, 4) is 11.1 Å². The summed E-state index contributed by atoms with van der Waals surface area (Å²) in [5.74, 6) is -0.397. The second-order valence-corrected chi connectivity index (χ2v) is 11.1. The fraction of sp³-hybridized carbons (Fsp3) is 0.167. The number of para-hydroxylation sites is 1. The zero-order chi connectivity index (χ0) is 27.6. The number of carbonyl (C=O) groups excluding carboxylic acids is 1. The van der Waals surface area contributed by atoms with E-state index in [0.29, 0.717) is 29.8 Å². The minimum Gasteiger partial charge on any atom is -0.354 e. The van der Waals surface area contributed by atoms with E-state index < -0.39 is 33.7 Å². The van der Waals surface area contributed by atoms with Crippen LogP contribution in [-0.2, 0) is 33.8 Å². The molecular weight excluding hydrogens is 525 g/mol. The molecule has 0 spiro atoms. The molecule has 1 amide bonds. The molecule has 0 aromatic heterocycles. The number of hydrogen-bond acceptors (Lipinski definition) is 3. The molecule has 5 nitrogen and oxygen atoms in total. The third-order valence-corrected chi connectivity index (χ3v) is 8.56. The van der Waals surface area contributed by atoms with E-state index in [1.807, 2.05) is 30.3 Å². The highest BCUT2D eigenvalue weighted by Crippen LogP contribution is 2.38. The van der Waals surface area contributed by atoms with Gasteiger partial charge in [-0.3, -0.25) is 9.10 Å². The van der Waals surface area contributed by atoms with Crippen molar-refractivity contribution in [3.05, 3.63) is 120 Å². The summed E-state index contributed by atoms with van der Waals surface area (Å²) in [5.41, 5.74) is 2.20. The van der Waals surface area contributed by atoms with Crippen LogP contribution >= 0.6 is 0 Å². The fourth-order valence-corrected chi connectivity index (χ4v) is 6.40. The number of sulfonamides is 1. The third kappa shape index (κ3) is 5.54. The number of hydrogen-bond donors (Lipinski definition) is 1. The molecule has 1 aliphatic rings. The summed E-state index contributed by atoms with van der Waals surface area (Å²) in [7, 11) is -4.16. The number of benzene rings is 4. The molecule has 1 heterocycles. The molecule has 0 unspecified atom stereocenters. The van der Waals surface area contributed by atoms with Gasteiger partial charge in [0.25, 0.3) is 10.0 Å². The Labute approximate surface area is 225 Å². The average molecular weight is 551 g/mol. The number of nitrogens with zero attached hydrogens (tertiary/aromatic N) is 1. The number of rotatable bonds is 7. The number of fused-ring (bicyclic) bond motifs is 1. The predicted octanol–water partition coefficient (Wildman–Crippen LogP) is 5.85. The first-order valence-corrected chi connectivity index (χ1v) is 13.8. The second-order valence-electron chi connectivity index (χ2n) is 9.28. The van der Waals surface area contributed by atoms with Crippen molar-refractivity contribution in [2.24, 2.45) is 0 Å². The summed E-state index contributed by atoms with van der Waals surface area (Å²) in [4.78, 5) is 13.2. The molecule has 0 fully saturated rings. The van der Waals surface area contributed by atoms with Gasteiger partial charge in [-0.2, -0.15) is 13.2 Å². The molecule has 0 saturated carbocycles. The highest BCUT2D eigenvalue weighted by atomic mass is 32.2. The van der Waals surface area contributed by atoms with Crippen molar-refractivity contribution in [2.45, 2.75) is 30.0 Å². The molecule has 4 aromatic carbocycles. The fourth-order valence-electron chi connectivity index (χ4n) is 4.75. The molecule has 1 aliphatic heterocycles. The standard InChI is InChI=1S/C30H25F3N2O3S/c31-30(32,33)25-11-6-10-23(19-25)22-13-15-26(16-14-22)39(37,38)35-27-12-5-4-9-24(27)20-28(35)29(36)34-18-17-21-7-2-1-3-8-21/h1-16,19,28H,17-18,20H2,(H,34,36)/t28-/m0/s1. The Hall–Kier alpha value is -4.11. The van der Waals surface area contributed by atoms with Crippen molar-refractivity contribution in [1.29, 1.82) is 0 Å². The van der Waals surface area contributed by atoms with E-state index in [4.69, 9.17) is 0 Å². The molecule has 200 valence electrons. The largest absolute Gasteiger partial charge is 0.416 e. The van der Waals surface area contributed by atoms with Crippen LogP contribution in [0.25, 0.3) is 11.1 Å². The smallest absolute Gasteiger partial charge is 0.354 e. The number of alkyl halides is 3. The molecule has 1 N–H and O–H groups in total. The Morgan fingerprint density at radius 1 is 0.846 bits per heavy atom. The van der Waals surface area contributed by atoms with Crippen molar-refractivity contribution in [1.82, 2.24) is 5.32 Å². The van der Waals surface area contributed by atoms with E-state index in [0.717, 1.165) is 27.6 Å². The van der Waals surface area contributed by atoms with Crippen LogP contribution in [0.5, 0.6) is 0 Å². The van der Waals surface area contributed by atoms with E-state index in [1.165, 1.54) is 36.4 Å². The molecule has 0 radical (unpaired) electrons. The van der Waals surface area contributed by atoms with Crippen molar-refractivity contribution in [2.75, 3.05) is 10.8 Å². The lowest BCUT2D eigenvalue weighted by molar-refractivity contribution is -0.137. The molecule has 0 bridgehead atoms. The maximum atomic E-state index is 13.8. The maximum absolute atomic E-state index is 13.8. The van der Waals surface area contributed by atoms with Gasteiger partial charge in [-0.05, 0) is 59.0 Å². The number of carbonyl (C=O) groups is 1. The minimum atomic E-state index is -4.49. The van der Waals surface area contributed by atoms with E-state index >= 15 is 0 Å². The van der Waals surface area contributed by atoms with Crippen LogP contribution in [0, 0.1) is 0 Å². The first kappa shape index (κ1) is 26.5. The van der Waals surface area contributed by atoms with Gasteiger partial charge >= 0.3 is 6.18 Å². The van der Waals surface area contributed by atoms with Gasteiger partial charge in [0.1, 0.15) is 6.04 Å². The van der Waals surface area contributed by atoms with E-state index in [-0.39, 0.29) is 11.3 Å². The van der Waals surface area contributed by atoms with Crippen LogP contribution in [-0.4, -0.2) is 26.9 Å². The maximum Gasteiger partial charge on any atom is 0.416 e. The molecule has 39 heavy (non-hydrogen) atoms. The monoisotopic (exact) mass is 550 g/mol. The summed E-state index contributed by atoms with van der Waals surface area (Å²) in [6.45, 7) is 0.356. The number of nitrogens with one attached hydrogen (secondary N) is 1. The Kier molecular flexibility index (Phi) is 7.18. The number of anilines is 1. The molecule has 9 heteroatoms. The van der Waals surface area contributed by atoms with E-state index in [1.54, 1.807) is 24.3 Å². The van der Waals surface area contributed by atoms with Gasteiger partial charge in [0, 0.05) is 13.0 Å². The van der Waals surface area contributed by atoms with Gasteiger partial charge in [-0.15, -0.1) is 0 Å². The van der Waals surface area contributed by atoms with E-state index in [2.05, 4.69) is 5.32 Å². The zero-order valence-electron chi connectivity index (χ0n) is 20.7. The summed E-state index contributed by atoms with van der Waals surface area (Å²) < 4.78 is 68.3. The molecule has 0 aliphatic carbocycles. The predicted molar refractivity (Wildman–Crippen MR) is 144 cm³/mol. The van der Waals surface area contributed by atoms with E-state index in [9.17, 15) is 26.4 Å². The average Bonchev–Trinajstić information content (AvgIpc) is 3.34. The summed E-state index contributed by atoms with van der Waals surface area (Å²) in [6.07, 6.45) is -3.65. The highest BCUT2D eigenvalue weighted by Gasteiger charge is 2.42. The van der Waals surface area contributed by atoms with Crippen molar-refractivity contribution in [3.63, 3.8) is 0 Å². The number of amides is 1. The Balaban J connectivity index is 1.40.